The van der Waals surface area contributed by atoms with E-state index < -0.39 is 0 Å². The monoisotopic (exact) mass is 355 g/mol. The fourth-order valence-corrected chi connectivity index (χ4v) is 4.62. The van der Waals surface area contributed by atoms with Crippen LogP contribution in [0, 0.1) is 5.41 Å². The van der Waals surface area contributed by atoms with Crippen LogP contribution in [0.25, 0.3) is 0 Å². The minimum Gasteiger partial charge on any atom is -0.370 e. The Bertz CT molecular complexity index is 636. The first-order valence-electron chi connectivity index (χ1n) is 10.4. The van der Waals surface area contributed by atoms with Crippen LogP contribution in [0.5, 0.6) is 0 Å². The summed E-state index contributed by atoms with van der Waals surface area (Å²) in [5.41, 5.74) is 9.86. The SMILES string of the molecule is CC1(C)CCCC(N=C(N)N2CCCC2c2ccc(C(C)(C)C)cc2)C1. The summed E-state index contributed by atoms with van der Waals surface area (Å²) in [6, 6.07) is 9.92. The average Bonchev–Trinajstić information content (AvgIpc) is 3.03. The predicted octanol–water partition coefficient (Wildman–Crippen LogP) is 5.40. The zero-order chi connectivity index (χ0) is 18.9. The molecule has 144 valence electrons. The highest BCUT2D eigenvalue weighted by Gasteiger charge is 2.31. The molecule has 1 aliphatic carbocycles. The van der Waals surface area contributed by atoms with E-state index in [1.165, 1.54) is 43.2 Å². The van der Waals surface area contributed by atoms with Crippen LogP contribution in [0.15, 0.2) is 29.3 Å². The number of likely N-dealkylation sites (tertiary alicyclic amines) is 1. The van der Waals surface area contributed by atoms with Crippen LogP contribution >= 0.6 is 0 Å². The van der Waals surface area contributed by atoms with Gasteiger partial charge in [0.1, 0.15) is 0 Å². The number of nitrogens with zero attached hydrogens (tertiary/aromatic N) is 2. The van der Waals surface area contributed by atoms with Crippen LogP contribution in [-0.2, 0) is 5.41 Å². The summed E-state index contributed by atoms with van der Waals surface area (Å²) in [4.78, 5) is 7.31. The molecule has 2 fully saturated rings. The topological polar surface area (TPSA) is 41.6 Å². The van der Waals surface area contributed by atoms with Gasteiger partial charge >= 0.3 is 0 Å². The van der Waals surface area contributed by atoms with Crippen molar-refractivity contribution in [2.75, 3.05) is 6.54 Å². The van der Waals surface area contributed by atoms with Crippen molar-refractivity contribution in [3.05, 3.63) is 35.4 Å². The fourth-order valence-electron chi connectivity index (χ4n) is 4.62. The van der Waals surface area contributed by atoms with E-state index in [1.54, 1.807) is 0 Å². The van der Waals surface area contributed by atoms with Gasteiger partial charge in [0.15, 0.2) is 5.96 Å². The summed E-state index contributed by atoms with van der Waals surface area (Å²) in [6.45, 7) is 12.5. The Balaban J connectivity index is 1.74. The molecule has 2 N–H and O–H groups in total. The summed E-state index contributed by atoms with van der Waals surface area (Å²) < 4.78 is 0. The molecule has 1 heterocycles. The zero-order valence-electron chi connectivity index (χ0n) is 17.4. The van der Waals surface area contributed by atoms with E-state index in [4.69, 9.17) is 10.7 Å². The van der Waals surface area contributed by atoms with Gasteiger partial charge in [0.25, 0.3) is 0 Å². The van der Waals surface area contributed by atoms with Crippen molar-refractivity contribution in [1.29, 1.82) is 0 Å². The lowest BCUT2D eigenvalue weighted by atomic mass is 9.75. The first-order chi connectivity index (χ1) is 12.2. The summed E-state index contributed by atoms with van der Waals surface area (Å²) in [5, 5.41) is 0. The molecule has 26 heavy (non-hydrogen) atoms. The summed E-state index contributed by atoms with van der Waals surface area (Å²) in [6.07, 6.45) is 7.28. The maximum atomic E-state index is 6.50. The van der Waals surface area contributed by atoms with Gasteiger partial charge in [-0.25, -0.2) is 4.99 Å². The lowest BCUT2D eigenvalue weighted by Crippen LogP contribution is -2.38. The second-order valence-corrected chi connectivity index (χ2v) is 10.1. The van der Waals surface area contributed by atoms with E-state index in [9.17, 15) is 0 Å². The first kappa shape index (κ1) is 19.3. The van der Waals surface area contributed by atoms with Crippen LogP contribution in [0.4, 0.5) is 0 Å². The van der Waals surface area contributed by atoms with E-state index in [1.807, 2.05) is 0 Å². The third-order valence-electron chi connectivity index (χ3n) is 6.20. The number of guanidine groups is 1. The Morgan fingerprint density at radius 2 is 1.81 bits per heavy atom. The van der Waals surface area contributed by atoms with Crippen molar-refractivity contribution in [3.8, 4) is 0 Å². The van der Waals surface area contributed by atoms with Crippen LogP contribution in [-0.4, -0.2) is 23.4 Å². The predicted molar refractivity (Wildman–Crippen MR) is 111 cm³/mol. The molecule has 2 atom stereocenters. The fraction of sp³-hybridized carbons (Fsp3) is 0.696. The second kappa shape index (κ2) is 7.25. The van der Waals surface area contributed by atoms with E-state index in [2.05, 4.69) is 63.8 Å². The Morgan fingerprint density at radius 3 is 2.42 bits per heavy atom. The maximum Gasteiger partial charge on any atom is 0.192 e. The number of benzene rings is 1. The van der Waals surface area contributed by atoms with Gasteiger partial charge in [-0.05, 0) is 54.1 Å². The molecule has 0 amide bonds. The van der Waals surface area contributed by atoms with Gasteiger partial charge in [-0.3, -0.25) is 0 Å². The molecular formula is C23H37N3. The minimum absolute atomic E-state index is 0.197. The van der Waals surface area contributed by atoms with Gasteiger partial charge in [0.05, 0.1) is 12.1 Å². The lowest BCUT2D eigenvalue weighted by molar-refractivity contribution is 0.220. The molecule has 3 heteroatoms. The number of hydrogen-bond donors (Lipinski definition) is 1. The van der Waals surface area contributed by atoms with Crippen LogP contribution in [0.2, 0.25) is 0 Å². The van der Waals surface area contributed by atoms with Gasteiger partial charge in [-0.15, -0.1) is 0 Å². The quantitative estimate of drug-likeness (QED) is 0.569. The molecule has 1 aliphatic heterocycles. The van der Waals surface area contributed by atoms with E-state index in [0.29, 0.717) is 17.5 Å². The maximum absolute atomic E-state index is 6.50. The largest absolute Gasteiger partial charge is 0.370 e. The molecule has 1 aromatic carbocycles. The van der Waals surface area contributed by atoms with E-state index in [0.717, 1.165) is 18.9 Å². The molecule has 2 unspecified atom stereocenters. The van der Waals surface area contributed by atoms with Crippen molar-refractivity contribution in [2.24, 2.45) is 16.1 Å². The summed E-state index contributed by atoms with van der Waals surface area (Å²) >= 11 is 0. The van der Waals surface area contributed by atoms with Gasteiger partial charge in [-0.1, -0.05) is 65.3 Å². The van der Waals surface area contributed by atoms with Crippen molar-refractivity contribution >= 4 is 5.96 Å². The highest BCUT2D eigenvalue weighted by molar-refractivity contribution is 5.79. The van der Waals surface area contributed by atoms with Crippen molar-refractivity contribution in [1.82, 2.24) is 4.90 Å². The highest BCUT2D eigenvalue weighted by Crippen LogP contribution is 2.37. The number of nitrogens with two attached hydrogens (primary N) is 1. The third kappa shape index (κ3) is 4.42. The smallest absolute Gasteiger partial charge is 0.192 e. The van der Waals surface area contributed by atoms with Crippen molar-refractivity contribution < 1.29 is 0 Å². The Hall–Kier alpha value is -1.51. The van der Waals surface area contributed by atoms with Crippen LogP contribution < -0.4 is 5.73 Å². The Kier molecular flexibility index (Phi) is 5.37. The minimum atomic E-state index is 0.197. The standard InChI is InChI=1S/C23H37N3/c1-22(2,3)18-12-10-17(11-13-18)20-9-7-15-26(20)21(24)25-19-8-6-14-23(4,5)16-19/h10-13,19-20H,6-9,14-16H2,1-5H3,(H2,24,25). The molecule has 0 spiro atoms. The van der Waals surface area contributed by atoms with Gasteiger partial charge < -0.3 is 10.6 Å². The molecule has 3 nitrogen and oxygen atoms in total. The normalized spacial score (nSPS) is 27.0. The van der Waals surface area contributed by atoms with E-state index in [-0.39, 0.29) is 5.41 Å². The molecule has 2 aliphatic rings. The number of hydrogen-bond acceptors (Lipinski definition) is 1. The number of aliphatic imine (C=N–C) groups is 1. The summed E-state index contributed by atoms with van der Waals surface area (Å²) in [5.74, 6) is 0.759. The lowest BCUT2D eigenvalue weighted by Gasteiger charge is -2.34. The zero-order valence-corrected chi connectivity index (χ0v) is 17.4. The van der Waals surface area contributed by atoms with Crippen LogP contribution in [0.1, 0.15) is 90.3 Å². The molecule has 0 aromatic heterocycles. The first-order valence-corrected chi connectivity index (χ1v) is 10.4. The van der Waals surface area contributed by atoms with Gasteiger partial charge in [0.2, 0.25) is 0 Å². The average molecular weight is 356 g/mol. The Morgan fingerprint density at radius 1 is 1.12 bits per heavy atom. The van der Waals surface area contributed by atoms with Gasteiger partial charge in [0, 0.05) is 6.54 Å². The Labute approximate surface area is 160 Å². The van der Waals surface area contributed by atoms with E-state index >= 15 is 0 Å². The summed E-state index contributed by atoms with van der Waals surface area (Å²) in [7, 11) is 0. The van der Waals surface area contributed by atoms with Gasteiger partial charge in [-0.2, -0.15) is 0 Å². The highest BCUT2D eigenvalue weighted by atomic mass is 15.3. The molecule has 0 bridgehead atoms. The second-order valence-electron chi connectivity index (χ2n) is 10.1. The molecule has 3 rings (SSSR count). The number of rotatable bonds is 2. The van der Waals surface area contributed by atoms with Crippen molar-refractivity contribution in [3.63, 3.8) is 0 Å². The molecule has 1 saturated carbocycles. The molecule has 0 radical (unpaired) electrons. The molecule has 1 aromatic rings. The molecule has 1 saturated heterocycles. The van der Waals surface area contributed by atoms with Crippen LogP contribution in [0.3, 0.4) is 0 Å². The third-order valence-corrected chi connectivity index (χ3v) is 6.20. The van der Waals surface area contributed by atoms with Crippen molar-refractivity contribution in [2.45, 2.75) is 90.6 Å². The molecular weight excluding hydrogens is 318 g/mol.